The van der Waals surface area contributed by atoms with Crippen LogP contribution in [0.4, 0.5) is 0 Å². The number of aliphatic imine (C=N–C) groups is 1. The second-order valence-electron chi connectivity index (χ2n) is 6.98. The highest BCUT2D eigenvalue weighted by atomic mass is 16.5. The third kappa shape index (κ3) is 5.52. The standard InChI is InChI=1S/C22H32N4O2/c1-3-27-20-11-6-5-10-18(20)16-24-22(23-2)25-17-19(21-12-9-15-28-21)26-13-7-4-8-14-26/h5-6,9-12,15,19H,3-4,7-8,13-14,16-17H2,1-2H3,(H2,23,24,25). The molecule has 2 heterocycles. The number of hydrogen-bond acceptors (Lipinski definition) is 4. The first-order valence-electron chi connectivity index (χ1n) is 10.2. The van der Waals surface area contributed by atoms with Crippen LogP contribution in [0.3, 0.4) is 0 Å². The van der Waals surface area contributed by atoms with Gasteiger partial charge in [-0.1, -0.05) is 24.6 Å². The normalized spacial score (nSPS) is 16.6. The number of hydrogen-bond donors (Lipinski definition) is 2. The van der Waals surface area contributed by atoms with E-state index in [1.165, 1.54) is 19.3 Å². The van der Waals surface area contributed by atoms with E-state index < -0.39 is 0 Å². The average Bonchev–Trinajstić information content (AvgIpc) is 3.27. The maximum atomic E-state index is 5.73. The number of nitrogens with zero attached hydrogens (tertiary/aromatic N) is 2. The average molecular weight is 385 g/mol. The Balaban J connectivity index is 1.59. The lowest BCUT2D eigenvalue weighted by Crippen LogP contribution is -2.44. The number of piperidine rings is 1. The zero-order valence-corrected chi connectivity index (χ0v) is 17.0. The summed E-state index contributed by atoms with van der Waals surface area (Å²) in [5.74, 6) is 2.70. The molecule has 1 aliphatic heterocycles. The van der Waals surface area contributed by atoms with Gasteiger partial charge in [0.05, 0.1) is 18.9 Å². The molecule has 3 rings (SSSR count). The molecule has 152 valence electrons. The van der Waals surface area contributed by atoms with E-state index in [9.17, 15) is 0 Å². The molecule has 6 nitrogen and oxygen atoms in total. The van der Waals surface area contributed by atoms with E-state index in [0.29, 0.717) is 13.2 Å². The van der Waals surface area contributed by atoms with Crippen LogP contribution < -0.4 is 15.4 Å². The predicted molar refractivity (Wildman–Crippen MR) is 113 cm³/mol. The summed E-state index contributed by atoms with van der Waals surface area (Å²) >= 11 is 0. The predicted octanol–water partition coefficient (Wildman–Crippen LogP) is 3.57. The Morgan fingerprint density at radius 1 is 1.14 bits per heavy atom. The Morgan fingerprint density at radius 3 is 2.68 bits per heavy atom. The number of benzene rings is 1. The van der Waals surface area contributed by atoms with E-state index in [-0.39, 0.29) is 6.04 Å². The van der Waals surface area contributed by atoms with E-state index >= 15 is 0 Å². The number of nitrogens with one attached hydrogen (secondary N) is 2. The fourth-order valence-corrected chi connectivity index (χ4v) is 3.66. The van der Waals surface area contributed by atoms with Crippen LogP contribution in [0.25, 0.3) is 0 Å². The Hall–Kier alpha value is -2.47. The number of para-hydroxylation sites is 1. The van der Waals surface area contributed by atoms with Gasteiger partial charge < -0.3 is 19.8 Å². The Morgan fingerprint density at radius 2 is 1.96 bits per heavy atom. The maximum absolute atomic E-state index is 5.73. The van der Waals surface area contributed by atoms with Gasteiger partial charge in [-0.15, -0.1) is 0 Å². The van der Waals surface area contributed by atoms with E-state index in [1.54, 1.807) is 13.3 Å². The Kier molecular flexibility index (Phi) is 7.79. The monoisotopic (exact) mass is 384 g/mol. The first-order valence-corrected chi connectivity index (χ1v) is 10.2. The van der Waals surface area contributed by atoms with Crippen LogP contribution in [-0.4, -0.2) is 44.1 Å². The van der Waals surface area contributed by atoms with Crippen LogP contribution in [0.1, 0.15) is 43.6 Å². The molecule has 2 N–H and O–H groups in total. The molecule has 0 bridgehead atoms. The summed E-state index contributed by atoms with van der Waals surface area (Å²) < 4.78 is 11.4. The molecule has 1 saturated heterocycles. The van der Waals surface area contributed by atoms with Crippen molar-refractivity contribution in [3.8, 4) is 5.75 Å². The Bertz CT molecular complexity index is 724. The molecular weight excluding hydrogens is 352 g/mol. The minimum atomic E-state index is 0.213. The minimum Gasteiger partial charge on any atom is -0.494 e. The van der Waals surface area contributed by atoms with Crippen molar-refractivity contribution in [1.29, 1.82) is 0 Å². The van der Waals surface area contributed by atoms with Crippen LogP contribution in [0, 0.1) is 0 Å². The molecule has 2 aromatic rings. The van der Waals surface area contributed by atoms with Crippen molar-refractivity contribution < 1.29 is 9.15 Å². The van der Waals surface area contributed by atoms with Crippen molar-refractivity contribution in [3.05, 3.63) is 54.0 Å². The van der Waals surface area contributed by atoms with Gasteiger partial charge in [0.1, 0.15) is 11.5 Å². The quantitative estimate of drug-likeness (QED) is 0.538. The van der Waals surface area contributed by atoms with Gasteiger partial charge in [0.25, 0.3) is 0 Å². The van der Waals surface area contributed by atoms with E-state index in [0.717, 1.165) is 42.7 Å². The summed E-state index contributed by atoms with van der Waals surface area (Å²) in [6, 6.07) is 12.3. The third-order valence-corrected chi connectivity index (χ3v) is 5.11. The SMILES string of the molecule is CCOc1ccccc1CNC(=NC)NCC(c1ccco1)N1CCCCC1. The third-order valence-electron chi connectivity index (χ3n) is 5.11. The Labute approximate surface area is 168 Å². The molecule has 0 radical (unpaired) electrons. The zero-order valence-electron chi connectivity index (χ0n) is 17.0. The first kappa shape index (κ1) is 20.3. The van der Waals surface area contributed by atoms with Crippen molar-refractivity contribution in [2.45, 2.75) is 38.8 Å². The molecule has 0 aliphatic carbocycles. The lowest BCUT2D eigenvalue weighted by Gasteiger charge is -2.33. The highest BCUT2D eigenvalue weighted by Gasteiger charge is 2.24. The summed E-state index contributed by atoms with van der Waals surface area (Å²) in [7, 11) is 1.80. The molecule has 1 unspecified atom stereocenters. The minimum absolute atomic E-state index is 0.213. The number of rotatable bonds is 8. The van der Waals surface area contributed by atoms with Gasteiger partial charge in [0.2, 0.25) is 0 Å². The fourth-order valence-electron chi connectivity index (χ4n) is 3.66. The summed E-state index contributed by atoms with van der Waals surface area (Å²) in [5.41, 5.74) is 1.12. The number of likely N-dealkylation sites (tertiary alicyclic amines) is 1. The van der Waals surface area contributed by atoms with Crippen LogP contribution >= 0.6 is 0 Å². The van der Waals surface area contributed by atoms with Crippen molar-refractivity contribution in [2.75, 3.05) is 33.3 Å². The zero-order chi connectivity index (χ0) is 19.6. The van der Waals surface area contributed by atoms with Gasteiger partial charge >= 0.3 is 0 Å². The van der Waals surface area contributed by atoms with Crippen LogP contribution in [0.15, 0.2) is 52.1 Å². The smallest absolute Gasteiger partial charge is 0.191 e. The molecular formula is C22H32N4O2. The highest BCUT2D eigenvalue weighted by molar-refractivity contribution is 5.79. The topological polar surface area (TPSA) is 62.0 Å². The van der Waals surface area contributed by atoms with Gasteiger partial charge in [0.15, 0.2) is 5.96 Å². The van der Waals surface area contributed by atoms with E-state index in [1.807, 2.05) is 31.2 Å². The number of ether oxygens (including phenoxy) is 1. The largest absolute Gasteiger partial charge is 0.494 e. The first-order chi connectivity index (χ1) is 13.8. The molecule has 1 atom stereocenters. The fraction of sp³-hybridized carbons (Fsp3) is 0.500. The van der Waals surface area contributed by atoms with Crippen molar-refractivity contribution in [2.24, 2.45) is 4.99 Å². The summed E-state index contributed by atoms with van der Waals surface area (Å²) in [6.07, 6.45) is 5.57. The number of furan rings is 1. The van der Waals surface area contributed by atoms with Crippen molar-refractivity contribution in [3.63, 3.8) is 0 Å². The number of guanidine groups is 1. The van der Waals surface area contributed by atoms with Gasteiger partial charge in [-0.2, -0.15) is 0 Å². The second kappa shape index (κ2) is 10.8. The summed E-state index contributed by atoms with van der Waals surface area (Å²) in [6.45, 7) is 6.29. The van der Waals surface area contributed by atoms with Gasteiger partial charge in [-0.25, -0.2) is 0 Å². The molecule has 0 spiro atoms. The summed E-state index contributed by atoms with van der Waals surface area (Å²) in [5, 5.41) is 6.87. The van der Waals surface area contributed by atoms with E-state index in [2.05, 4.69) is 32.7 Å². The van der Waals surface area contributed by atoms with Crippen LogP contribution in [0.5, 0.6) is 5.75 Å². The second-order valence-corrected chi connectivity index (χ2v) is 6.98. The van der Waals surface area contributed by atoms with Gasteiger partial charge in [-0.3, -0.25) is 9.89 Å². The molecule has 1 aliphatic rings. The molecule has 6 heteroatoms. The summed E-state index contributed by atoms with van der Waals surface area (Å²) in [4.78, 5) is 6.89. The molecule has 0 amide bonds. The maximum Gasteiger partial charge on any atom is 0.191 e. The molecule has 1 aromatic carbocycles. The highest BCUT2D eigenvalue weighted by Crippen LogP contribution is 2.24. The van der Waals surface area contributed by atoms with Crippen molar-refractivity contribution >= 4 is 5.96 Å². The molecule has 0 saturated carbocycles. The van der Waals surface area contributed by atoms with Gasteiger partial charge in [-0.05, 0) is 51.1 Å². The lowest BCUT2D eigenvalue weighted by molar-refractivity contribution is 0.146. The van der Waals surface area contributed by atoms with Gasteiger partial charge in [0, 0.05) is 25.7 Å². The molecule has 1 aromatic heterocycles. The van der Waals surface area contributed by atoms with Crippen LogP contribution in [-0.2, 0) is 6.54 Å². The van der Waals surface area contributed by atoms with Crippen molar-refractivity contribution in [1.82, 2.24) is 15.5 Å². The lowest BCUT2D eigenvalue weighted by atomic mass is 10.1. The van der Waals surface area contributed by atoms with Crippen LogP contribution in [0.2, 0.25) is 0 Å². The molecule has 28 heavy (non-hydrogen) atoms. The van der Waals surface area contributed by atoms with E-state index in [4.69, 9.17) is 9.15 Å². The molecule has 1 fully saturated rings.